The van der Waals surface area contributed by atoms with Crippen LogP contribution in [0.2, 0.25) is 0 Å². The lowest BCUT2D eigenvalue weighted by atomic mass is 10.1. The Hall–Kier alpha value is -0.410. The molecular formula is C17H32IN5S. The summed E-state index contributed by atoms with van der Waals surface area (Å²) in [6.07, 6.45) is 5.62. The second-order valence-corrected chi connectivity index (χ2v) is 7.77. The minimum atomic E-state index is 0. The maximum absolute atomic E-state index is 4.44. The molecular weight excluding hydrogens is 433 g/mol. The number of hydrogen-bond acceptors (Lipinski definition) is 4. The van der Waals surface area contributed by atoms with Gasteiger partial charge in [-0.05, 0) is 31.7 Å². The van der Waals surface area contributed by atoms with Gasteiger partial charge in [-0.1, -0.05) is 20.8 Å². The van der Waals surface area contributed by atoms with E-state index in [0.717, 1.165) is 36.4 Å². The fourth-order valence-corrected chi connectivity index (χ4v) is 3.83. The molecule has 2 N–H and O–H groups in total. The average molecular weight is 465 g/mol. The van der Waals surface area contributed by atoms with E-state index in [1.54, 1.807) is 11.3 Å². The molecule has 1 atom stereocenters. The Morgan fingerprint density at radius 3 is 2.88 bits per heavy atom. The zero-order chi connectivity index (χ0) is 16.7. The Kier molecular flexibility index (Phi) is 10.1. The number of aryl methyl sites for hydroxylation is 1. The molecule has 2 heterocycles. The molecule has 5 nitrogen and oxygen atoms in total. The summed E-state index contributed by atoms with van der Waals surface area (Å²) in [5.74, 6) is 1.60. The van der Waals surface area contributed by atoms with Crippen LogP contribution in [0.3, 0.4) is 0 Å². The number of thiazole rings is 1. The predicted octanol–water partition coefficient (Wildman–Crippen LogP) is 3.11. The molecule has 1 aromatic rings. The third kappa shape index (κ3) is 6.84. The Morgan fingerprint density at radius 2 is 2.25 bits per heavy atom. The highest BCUT2D eigenvalue weighted by molar-refractivity contribution is 14.0. The number of likely N-dealkylation sites (tertiary alicyclic amines) is 1. The maximum Gasteiger partial charge on any atom is 0.191 e. The summed E-state index contributed by atoms with van der Waals surface area (Å²) in [6.45, 7) is 10.9. The quantitative estimate of drug-likeness (QED) is 0.369. The first kappa shape index (κ1) is 21.6. The lowest BCUT2D eigenvalue weighted by Crippen LogP contribution is -2.45. The van der Waals surface area contributed by atoms with E-state index >= 15 is 0 Å². The van der Waals surface area contributed by atoms with Crippen molar-refractivity contribution in [2.24, 2.45) is 10.9 Å². The van der Waals surface area contributed by atoms with Crippen molar-refractivity contribution in [3.05, 3.63) is 16.1 Å². The third-order valence-corrected chi connectivity index (χ3v) is 5.33. The van der Waals surface area contributed by atoms with E-state index < -0.39 is 0 Å². The summed E-state index contributed by atoms with van der Waals surface area (Å²) >= 11 is 1.77. The Labute approximate surface area is 167 Å². The van der Waals surface area contributed by atoms with Crippen molar-refractivity contribution in [1.29, 1.82) is 0 Å². The zero-order valence-electron chi connectivity index (χ0n) is 15.3. The highest BCUT2D eigenvalue weighted by atomic mass is 127. The molecule has 0 amide bonds. The molecule has 0 saturated carbocycles. The number of aromatic nitrogens is 1. The SMILES string of the molecule is CCc1cnc(CNC(=NC)NC[C@H]2CCCN2CC(C)C)s1.I. The van der Waals surface area contributed by atoms with Gasteiger partial charge in [-0.2, -0.15) is 0 Å². The van der Waals surface area contributed by atoms with Crippen LogP contribution in [0.25, 0.3) is 0 Å². The largest absolute Gasteiger partial charge is 0.355 e. The smallest absolute Gasteiger partial charge is 0.191 e. The second kappa shape index (κ2) is 11.3. The molecule has 0 radical (unpaired) electrons. The van der Waals surface area contributed by atoms with Gasteiger partial charge in [-0.3, -0.25) is 9.89 Å². The third-order valence-electron chi connectivity index (χ3n) is 4.18. The van der Waals surface area contributed by atoms with Crippen LogP contribution in [0.15, 0.2) is 11.2 Å². The van der Waals surface area contributed by atoms with Crippen molar-refractivity contribution in [3.8, 4) is 0 Å². The van der Waals surface area contributed by atoms with Crippen LogP contribution < -0.4 is 10.6 Å². The molecule has 1 fully saturated rings. The number of rotatable bonds is 7. The number of halogens is 1. The summed E-state index contributed by atoms with van der Waals surface area (Å²) in [5.41, 5.74) is 0. The van der Waals surface area contributed by atoms with Crippen LogP contribution in [0.4, 0.5) is 0 Å². The van der Waals surface area contributed by atoms with Crippen LogP contribution in [0.5, 0.6) is 0 Å². The first-order chi connectivity index (χ1) is 11.1. The van der Waals surface area contributed by atoms with Crippen LogP contribution in [-0.4, -0.2) is 48.6 Å². The van der Waals surface area contributed by atoms with Gasteiger partial charge in [-0.25, -0.2) is 4.98 Å². The normalized spacial score (nSPS) is 18.7. The standard InChI is InChI=1S/C17H31N5S.HI/c1-5-15-10-19-16(23-15)11-21-17(18-4)20-9-14-7-6-8-22(14)12-13(2)3;/h10,13-14H,5-9,11-12H2,1-4H3,(H2,18,20,21);1H/t14-;/m1./s1. The molecule has 7 heteroatoms. The van der Waals surface area contributed by atoms with Crippen LogP contribution in [-0.2, 0) is 13.0 Å². The summed E-state index contributed by atoms with van der Waals surface area (Å²) in [6, 6.07) is 0.627. The summed E-state index contributed by atoms with van der Waals surface area (Å²) < 4.78 is 0. The zero-order valence-corrected chi connectivity index (χ0v) is 18.5. The summed E-state index contributed by atoms with van der Waals surface area (Å²) in [5, 5.41) is 7.97. The fraction of sp³-hybridized carbons (Fsp3) is 0.765. The molecule has 0 aliphatic carbocycles. The van der Waals surface area contributed by atoms with E-state index in [2.05, 4.69) is 46.3 Å². The monoisotopic (exact) mass is 465 g/mol. The van der Waals surface area contributed by atoms with Gasteiger partial charge in [0.1, 0.15) is 5.01 Å². The number of aliphatic imine (C=N–C) groups is 1. The van der Waals surface area contributed by atoms with Crippen LogP contribution >= 0.6 is 35.3 Å². The maximum atomic E-state index is 4.44. The van der Waals surface area contributed by atoms with E-state index in [9.17, 15) is 0 Å². The molecule has 1 aliphatic heterocycles. The van der Waals surface area contributed by atoms with Gasteiger partial charge in [-0.15, -0.1) is 35.3 Å². The second-order valence-electron chi connectivity index (χ2n) is 6.57. The molecule has 138 valence electrons. The van der Waals surface area contributed by atoms with Gasteiger partial charge < -0.3 is 10.6 Å². The first-order valence-corrected chi connectivity index (χ1v) is 9.56. The van der Waals surface area contributed by atoms with Crippen molar-refractivity contribution >= 4 is 41.3 Å². The number of guanidine groups is 1. The molecule has 0 aromatic carbocycles. The van der Waals surface area contributed by atoms with E-state index in [1.165, 1.54) is 30.8 Å². The topological polar surface area (TPSA) is 52.6 Å². The number of nitrogens with zero attached hydrogens (tertiary/aromatic N) is 3. The van der Waals surface area contributed by atoms with Gasteiger partial charge in [0.15, 0.2) is 5.96 Å². The highest BCUT2D eigenvalue weighted by Gasteiger charge is 2.24. The van der Waals surface area contributed by atoms with Gasteiger partial charge in [0.05, 0.1) is 6.54 Å². The van der Waals surface area contributed by atoms with Crippen LogP contribution in [0, 0.1) is 5.92 Å². The van der Waals surface area contributed by atoms with Gasteiger partial charge in [0.25, 0.3) is 0 Å². The lowest BCUT2D eigenvalue weighted by Gasteiger charge is -2.26. The van der Waals surface area contributed by atoms with Crippen molar-refractivity contribution in [2.75, 3.05) is 26.7 Å². The van der Waals surface area contributed by atoms with Crippen molar-refractivity contribution in [1.82, 2.24) is 20.5 Å². The molecule has 0 spiro atoms. The van der Waals surface area contributed by atoms with Gasteiger partial charge >= 0.3 is 0 Å². The molecule has 1 aliphatic rings. The van der Waals surface area contributed by atoms with Gasteiger partial charge in [0.2, 0.25) is 0 Å². The van der Waals surface area contributed by atoms with Crippen molar-refractivity contribution in [2.45, 2.75) is 52.6 Å². The van der Waals surface area contributed by atoms with Crippen LogP contribution in [0.1, 0.15) is 43.5 Å². The molecule has 24 heavy (non-hydrogen) atoms. The van der Waals surface area contributed by atoms with E-state index in [1.807, 2.05) is 13.2 Å². The number of hydrogen-bond donors (Lipinski definition) is 2. The Bertz CT molecular complexity index is 503. The van der Waals surface area contributed by atoms with Crippen molar-refractivity contribution < 1.29 is 0 Å². The predicted molar refractivity (Wildman–Crippen MR) is 115 cm³/mol. The van der Waals surface area contributed by atoms with Gasteiger partial charge in [0, 0.05) is 37.3 Å². The fourth-order valence-electron chi connectivity index (χ4n) is 3.02. The molecule has 1 saturated heterocycles. The Morgan fingerprint density at radius 1 is 1.46 bits per heavy atom. The molecule has 2 rings (SSSR count). The minimum Gasteiger partial charge on any atom is -0.355 e. The lowest BCUT2D eigenvalue weighted by molar-refractivity contribution is 0.226. The molecule has 0 unspecified atom stereocenters. The first-order valence-electron chi connectivity index (χ1n) is 8.74. The van der Waals surface area contributed by atoms with Crippen molar-refractivity contribution in [3.63, 3.8) is 0 Å². The molecule has 1 aromatic heterocycles. The highest BCUT2D eigenvalue weighted by Crippen LogP contribution is 2.18. The molecule has 0 bridgehead atoms. The summed E-state index contributed by atoms with van der Waals surface area (Å²) in [7, 11) is 1.83. The minimum absolute atomic E-state index is 0. The van der Waals surface area contributed by atoms with E-state index in [4.69, 9.17) is 0 Å². The van der Waals surface area contributed by atoms with E-state index in [0.29, 0.717) is 6.04 Å². The Balaban J connectivity index is 0.00000288. The average Bonchev–Trinajstić information content (AvgIpc) is 3.16. The summed E-state index contributed by atoms with van der Waals surface area (Å²) in [4.78, 5) is 12.7. The van der Waals surface area contributed by atoms with E-state index in [-0.39, 0.29) is 24.0 Å². The number of nitrogens with one attached hydrogen (secondary N) is 2.